The van der Waals surface area contributed by atoms with Gasteiger partial charge in [0.25, 0.3) is 5.91 Å². The molecule has 2 aromatic rings. The van der Waals surface area contributed by atoms with Crippen molar-refractivity contribution in [2.45, 2.75) is 18.9 Å². The van der Waals surface area contributed by atoms with E-state index < -0.39 is 11.5 Å². The predicted molar refractivity (Wildman–Crippen MR) is 101 cm³/mol. The van der Waals surface area contributed by atoms with Gasteiger partial charge in [0, 0.05) is 22.1 Å². The fourth-order valence-electron chi connectivity index (χ4n) is 3.08. The number of aliphatic hydroxyl groups is 1. The lowest BCUT2D eigenvalue weighted by Gasteiger charge is -2.22. The van der Waals surface area contributed by atoms with Crippen LogP contribution in [0.4, 0.5) is 5.69 Å². The van der Waals surface area contributed by atoms with Gasteiger partial charge in [-0.25, -0.2) is 0 Å². The van der Waals surface area contributed by atoms with Crippen molar-refractivity contribution in [3.8, 4) is 0 Å². The van der Waals surface area contributed by atoms with Gasteiger partial charge >= 0.3 is 0 Å². The molecule has 0 fully saturated rings. The minimum atomic E-state index is -1.87. The molecule has 1 heterocycles. The van der Waals surface area contributed by atoms with Crippen LogP contribution in [-0.4, -0.2) is 23.3 Å². The van der Waals surface area contributed by atoms with Crippen LogP contribution in [0.1, 0.15) is 27.9 Å². The first kappa shape index (κ1) is 17.6. The number of ketones is 1. The smallest absolute Gasteiger partial charge is 0.264 e. The van der Waals surface area contributed by atoms with Gasteiger partial charge < -0.3 is 10.0 Å². The largest absolute Gasteiger partial charge is 0.375 e. The second kappa shape index (κ2) is 6.58. The summed E-state index contributed by atoms with van der Waals surface area (Å²) >= 11 is 3.37. The highest BCUT2D eigenvalue weighted by Gasteiger charge is 2.50. The van der Waals surface area contributed by atoms with Gasteiger partial charge in [-0.05, 0) is 25.1 Å². The van der Waals surface area contributed by atoms with Crippen molar-refractivity contribution in [2.75, 3.05) is 11.4 Å². The Bertz CT molecular complexity index is 860. The highest BCUT2D eigenvalue weighted by Crippen LogP contribution is 2.44. The second-order valence-corrected chi connectivity index (χ2v) is 7.11. The van der Waals surface area contributed by atoms with Crippen LogP contribution in [0.25, 0.3) is 0 Å². The predicted octanol–water partition coefficient (Wildman–Crippen LogP) is 3.75. The molecule has 1 atom stereocenters. The van der Waals surface area contributed by atoms with E-state index in [1.54, 1.807) is 36.4 Å². The molecule has 1 aliphatic rings. The molecular weight excluding hydrogens is 382 g/mol. The third-order valence-electron chi connectivity index (χ3n) is 4.40. The summed E-state index contributed by atoms with van der Waals surface area (Å²) in [5.74, 6) is -0.775. The number of Topliss-reactive ketones (excluding diaryl/α,β-unsaturated/α-hetero) is 1. The first-order valence-electron chi connectivity index (χ1n) is 7.92. The van der Waals surface area contributed by atoms with E-state index >= 15 is 0 Å². The van der Waals surface area contributed by atoms with E-state index in [0.717, 1.165) is 10.0 Å². The Labute approximate surface area is 154 Å². The zero-order valence-electron chi connectivity index (χ0n) is 13.8. The number of fused-ring (bicyclic) bond motifs is 1. The van der Waals surface area contributed by atoms with Gasteiger partial charge in [0.1, 0.15) is 0 Å². The van der Waals surface area contributed by atoms with E-state index in [-0.39, 0.29) is 18.7 Å². The number of carbonyl (C=O) groups excluding carboxylic acids is 2. The molecule has 128 valence electrons. The maximum atomic E-state index is 12.9. The van der Waals surface area contributed by atoms with Crippen LogP contribution in [0.5, 0.6) is 0 Å². The molecule has 0 aliphatic carbocycles. The fraction of sp³-hybridized carbons (Fsp3) is 0.200. The zero-order chi connectivity index (χ0) is 18.2. The molecule has 1 N–H and O–H groups in total. The van der Waals surface area contributed by atoms with Crippen molar-refractivity contribution in [1.29, 1.82) is 0 Å². The number of nitrogens with zero attached hydrogens (tertiary/aromatic N) is 1. The maximum absolute atomic E-state index is 12.9. The van der Waals surface area contributed by atoms with Gasteiger partial charge in [0.2, 0.25) is 0 Å². The van der Waals surface area contributed by atoms with Gasteiger partial charge in [0.05, 0.1) is 12.1 Å². The third-order valence-corrected chi connectivity index (χ3v) is 4.89. The zero-order valence-corrected chi connectivity index (χ0v) is 15.4. The summed E-state index contributed by atoms with van der Waals surface area (Å²) in [6.45, 7) is 5.87. The van der Waals surface area contributed by atoms with Crippen LogP contribution in [0.15, 0.2) is 59.6 Å². The summed E-state index contributed by atoms with van der Waals surface area (Å²) in [7, 11) is 0. The summed E-state index contributed by atoms with van der Waals surface area (Å²) in [6.07, 6.45) is 1.29. The number of hydrogen-bond acceptors (Lipinski definition) is 3. The SMILES string of the molecule is C=CCN1C(=O)[C@](O)(CC(=O)c2ccc(C)cc2)c2cc(Br)ccc21. The molecule has 5 heteroatoms. The number of halogens is 1. The summed E-state index contributed by atoms with van der Waals surface area (Å²) in [5.41, 5.74) is 0.690. The number of amides is 1. The molecule has 0 spiro atoms. The van der Waals surface area contributed by atoms with Crippen molar-refractivity contribution >= 4 is 33.3 Å². The first-order valence-corrected chi connectivity index (χ1v) is 8.71. The lowest BCUT2D eigenvalue weighted by Crippen LogP contribution is -2.41. The number of anilines is 1. The maximum Gasteiger partial charge on any atom is 0.264 e. The van der Waals surface area contributed by atoms with Crippen molar-refractivity contribution < 1.29 is 14.7 Å². The molecule has 2 aromatic carbocycles. The van der Waals surface area contributed by atoms with Crippen LogP contribution in [0.2, 0.25) is 0 Å². The topological polar surface area (TPSA) is 57.6 Å². The minimum absolute atomic E-state index is 0.272. The van der Waals surface area contributed by atoms with Crippen LogP contribution >= 0.6 is 15.9 Å². The molecule has 25 heavy (non-hydrogen) atoms. The number of rotatable bonds is 5. The molecular formula is C20H18BrNO3. The molecule has 4 nitrogen and oxygen atoms in total. The van der Waals surface area contributed by atoms with Crippen molar-refractivity contribution in [2.24, 2.45) is 0 Å². The lowest BCUT2D eigenvalue weighted by molar-refractivity contribution is -0.135. The standard InChI is InChI=1S/C20H18BrNO3/c1-3-10-22-17-9-8-15(21)11-16(17)20(25,19(22)24)12-18(23)14-6-4-13(2)5-7-14/h3-9,11,25H,1,10,12H2,2H3/t20-/m0/s1. The van der Waals surface area contributed by atoms with Crippen LogP contribution in [-0.2, 0) is 10.4 Å². The number of benzene rings is 2. The Balaban J connectivity index is 2.00. The highest BCUT2D eigenvalue weighted by atomic mass is 79.9. The van der Waals surface area contributed by atoms with Gasteiger partial charge in [-0.2, -0.15) is 0 Å². The molecule has 1 aliphatic heterocycles. The highest BCUT2D eigenvalue weighted by molar-refractivity contribution is 9.10. The third kappa shape index (κ3) is 3.05. The van der Waals surface area contributed by atoms with Crippen molar-refractivity contribution in [1.82, 2.24) is 0 Å². The van der Waals surface area contributed by atoms with Gasteiger partial charge in [-0.1, -0.05) is 51.8 Å². The first-order chi connectivity index (χ1) is 11.9. The van der Waals surface area contributed by atoms with E-state index in [2.05, 4.69) is 22.5 Å². The Morgan fingerprint density at radius 2 is 1.96 bits per heavy atom. The summed E-state index contributed by atoms with van der Waals surface area (Å²) in [4.78, 5) is 27.0. The number of aryl methyl sites for hydroxylation is 1. The quantitative estimate of drug-likeness (QED) is 0.615. The molecule has 0 unspecified atom stereocenters. The summed E-state index contributed by atoms with van der Waals surface area (Å²) in [5, 5.41) is 11.2. The van der Waals surface area contributed by atoms with E-state index in [9.17, 15) is 14.7 Å². The Kier molecular flexibility index (Phi) is 4.62. The molecule has 0 radical (unpaired) electrons. The van der Waals surface area contributed by atoms with Gasteiger partial charge in [-0.3, -0.25) is 9.59 Å². The second-order valence-electron chi connectivity index (χ2n) is 6.19. The minimum Gasteiger partial charge on any atom is -0.375 e. The molecule has 1 amide bonds. The molecule has 0 saturated heterocycles. The normalized spacial score (nSPS) is 19.0. The Morgan fingerprint density at radius 1 is 1.28 bits per heavy atom. The molecule has 3 rings (SSSR count). The van der Waals surface area contributed by atoms with E-state index in [1.807, 2.05) is 19.1 Å². The Hall–Kier alpha value is -2.24. The molecule has 0 bridgehead atoms. The monoisotopic (exact) mass is 399 g/mol. The van der Waals surface area contributed by atoms with E-state index in [4.69, 9.17) is 0 Å². The molecule has 0 saturated carbocycles. The Morgan fingerprint density at radius 3 is 2.60 bits per heavy atom. The average molecular weight is 400 g/mol. The van der Waals surface area contributed by atoms with E-state index in [1.165, 1.54) is 4.90 Å². The van der Waals surface area contributed by atoms with Crippen molar-refractivity contribution in [3.63, 3.8) is 0 Å². The van der Waals surface area contributed by atoms with Crippen LogP contribution in [0.3, 0.4) is 0 Å². The van der Waals surface area contributed by atoms with E-state index in [0.29, 0.717) is 16.8 Å². The van der Waals surface area contributed by atoms with Crippen LogP contribution < -0.4 is 4.90 Å². The fourth-order valence-corrected chi connectivity index (χ4v) is 3.44. The lowest BCUT2D eigenvalue weighted by atomic mass is 9.88. The van der Waals surface area contributed by atoms with Crippen molar-refractivity contribution in [3.05, 3.63) is 76.3 Å². The molecule has 0 aromatic heterocycles. The van der Waals surface area contributed by atoms with Gasteiger partial charge in [0.15, 0.2) is 11.4 Å². The number of hydrogen-bond donors (Lipinski definition) is 1. The number of carbonyl (C=O) groups is 2. The van der Waals surface area contributed by atoms with Gasteiger partial charge in [-0.15, -0.1) is 6.58 Å². The average Bonchev–Trinajstić information content (AvgIpc) is 2.77. The van der Waals surface area contributed by atoms with Crippen LogP contribution in [0, 0.1) is 6.92 Å². The summed E-state index contributed by atoms with van der Waals surface area (Å²) in [6, 6.07) is 12.3. The summed E-state index contributed by atoms with van der Waals surface area (Å²) < 4.78 is 0.737.